The number of hydrogen-bond acceptors (Lipinski definition) is 2. The van der Waals surface area contributed by atoms with E-state index in [9.17, 15) is 9.59 Å². The maximum atomic E-state index is 12.9. The van der Waals surface area contributed by atoms with Gasteiger partial charge in [-0.1, -0.05) is 33.1 Å². The van der Waals surface area contributed by atoms with Gasteiger partial charge < -0.3 is 10.0 Å². The highest BCUT2D eigenvalue weighted by molar-refractivity contribution is 5.82. The van der Waals surface area contributed by atoms with Crippen LogP contribution in [0.5, 0.6) is 0 Å². The summed E-state index contributed by atoms with van der Waals surface area (Å²) in [4.78, 5) is 25.8. The Morgan fingerprint density at radius 2 is 1.90 bits per heavy atom. The summed E-state index contributed by atoms with van der Waals surface area (Å²) >= 11 is 0. The van der Waals surface area contributed by atoms with Crippen molar-refractivity contribution >= 4 is 11.9 Å². The summed E-state index contributed by atoms with van der Waals surface area (Å²) in [5, 5.41) is 8.95. The molecule has 2 aliphatic rings. The fourth-order valence-corrected chi connectivity index (χ4v) is 4.03. The van der Waals surface area contributed by atoms with Gasteiger partial charge >= 0.3 is 5.97 Å². The Bertz CT molecular complexity index is 387. The number of hydrogen-bond donors (Lipinski definition) is 1. The molecule has 0 aromatic carbocycles. The molecule has 1 amide bonds. The Morgan fingerprint density at radius 1 is 1.24 bits per heavy atom. The number of rotatable bonds is 4. The molecule has 2 atom stereocenters. The predicted octanol–water partition coefficient (Wildman–Crippen LogP) is 3.31. The Kier molecular flexibility index (Phi) is 5.28. The first-order chi connectivity index (χ1) is 9.92. The molecule has 1 N–H and O–H groups in total. The summed E-state index contributed by atoms with van der Waals surface area (Å²) < 4.78 is 0. The van der Waals surface area contributed by atoms with Crippen LogP contribution in [-0.2, 0) is 9.59 Å². The van der Waals surface area contributed by atoms with Gasteiger partial charge in [-0.25, -0.2) is 0 Å². The van der Waals surface area contributed by atoms with E-state index in [4.69, 9.17) is 5.11 Å². The van der Waals surface area contributed by atoms with Gasteiger partial charge in [-0.2, -0.15) is 0 Å². The fraction of sp³-hybridized carbons (Fsp3) is 0.882. The third-order valence-corrected chi connectivity index (χ3v) is 5.52. The van der Waals surface area contributed by atoms with E-state index in [0.717, 1.165) is 51.6 Å². The van der Waals surface area contributed by atoms with E-state index in [1.54, 1.807) is 0 Å². The molecule has 0 bridgehead atoms. The van der Waals surface area contributed by atoms with E-state index in [0.29, 0.717) is 11.8 Å². The largest absolute Gasteiger partial charge is 0.481 e. The number of carboxylic acid groups (broad SMARTS) is 1. The number of amides is 1. The maximum absolute atomic E-state index is 12.9. The van der Waals surface area contributed by atoms with Crippen LogP contribution in [0.15, 0.2) is 0 Å². The Labute approximate surface area is 127 Å². The number of carbonyl (C=O) groups excluding carboxylic acids is 1. The molecule has 120 valence electrons. The molecule has 1 aliphatic carbocycles. The van der Waals surface area contributed by atoms with Crippen LogP contribution in [0.3, 0.4) is 0 Å². The topological polar surface area (TPSA) is 57.6 Å². The van der Waals surface area contributed by atoms with Gasteiger partial charge in [-0.05, 0) is 37.5 Å². The van der Waals surface area contributed by atoms with Crippen molar-refractivity contribution in [2.24, 2.45) is 17.3 Å². The van der Waals surface area contributed by atoms with Crippen molar-refractivity contribution in [2.45, 2.75) is 65.2 Å². The van der Waals surface area contributed by atoms with Crippen molar-refractivity contribution < 1.29 is 14.7 Å². The van der Waals surface area contributed by atoms with Gasteiger partial charge in [0.2, 0.25) is 5.91 Å². The zero-order valence-electron chi connectivity index (χ0n) is 13.4. The molecule has 1 heterocycles. The van der Waals surface area contributed by atoms with E-state index in [1.165, 1.54) is 6.42 Å². The van der Waals surface area contributed by atoms with E-state index in [-0.39, 0.29) is 17.8 Å². The summed E-state index contributed by atoms with van der Waals surface area (Å²) in [7, 11) is 0. The lowest BCUT2D eigenvalue weighted by molar-refractivity contribution is -0.145. The zero-order valence-corrected chi connectivity index (χ0v) is 13.4. The minimum absolute atomic E-state index is 0.150. The average Bonchev–Trinajstić information content (AvgIpc) is 2.46. The van der Waals surface area contributed by atoms with Crippen molar-refractivity contribution in [1.82, 2.24) is 4.90 Å². The van der Waals surface area contributed by atoms with Crippen molar-refractivity contribution in [3.05, 3.63) is 0 Å². The zero-order chi connectivity index (χ0) is 15.5. The van der Waals surface area contributed by atoms with Crippen LogP contribution in [0, 0.1) is 17.3 Å². The molecule has 2 unspecified atom stereocenters. The third-order valence-electron chi connectivity index (χ3n) is 5.52. The van der Waals surface area contributed by atoms with Crippen LogP contribution in [0.2, 0.25) is 0 Å². The van der Waals surface area contributed by atoms with Gasteiger partial charge in [0, 0.05) is 24.9 Å². The molecular weight excluding hydrogens is 266 g/mol. The molecule has 4 heteroatoms. The summed E-state index contributed by atoms with van der Waals surface area (Å²) in [5.41, 5.74) is -0.170. The third kappa shape index (κ3) is 3.98. The van der Waals surface area contributed by atoms with Gasteiger partial charge in [-0.3, -0.25) is 9.59 Å². The minimum Gasteiger partial charge on any atom is -0.481 e. The first kappa shape index (κ1) is 16.3. The van der Waals surface area contributed by atoms with Crippen LogP contribution in [0.4, 0.5) is 0 Å². The van der Waals surface area contributed by atoms with Crippen molar-refractivity contribution in [1.29, 1.82) is 0 Å². The summed E-state index contributed by atoms with van der Waals surface area (Å²) in [6.07, 6.45) is 7.87. The molecule has 0 aromatic rings. The van der Waals surface area contributed by atoms with Crippen LogP contribution in [0.25, 0.3) is 0 Å². The lowest BCUT2D eigenvalue weighted by atomic mass is 9.74. The Hall–Kier alpha value is -1.06. The van der Waals surface area contributed by atoms with E-state index >= 15 is 0 Å². The lowest BCUT2D eigenvalue weighted by Crippen LogP contribution is -2.48. The summed E-state index contributed by atoms with van der Waals surface area (Å²) in [6.45, 7) is 5.74. The van der Waals surface area contributed by atoms with Crippen molar-refractivity contribution in [2.75, 3.05) is 13.1 Å². The number of piperidine rings is 1. The second kappa shape index (κ2) is 6.80. The summed E-state index contributed by atoms with van der Waals surface area (Å²) in [6, 6.07) is 0. The number of carbonyl (C=O) groups is 2. The highest BCUT2D eigenvalue weighted by atomic mass is 16.4. The van der Waals surface area contributed by atoms with Crippen LogP contribution >= 0.6 is 0 Å². The number of likely N-dealkylation sites (tertiary alicyclic amines) is 1. The number of carboxylic acids is 1. The predicted molar refractivity (Wildman–Crippen MR) is 81.9 cm³/mol. The smallest absolute Gasteiger partial charge is 0.303 e. The van der Waals surface area contributed by atoms with Crippen LogP contribution in [0.1, 0.15) is 65.2 Å². The Morgan fingerprint density at radius 3 is 2.52 bits per heavy atom. The SMILES string of the molecule is CC(CC(=O)O)C1CCCN(C(=O)C2(C)CCCCC2)C1. The molecular formula is C17H29NO3. The second-order valence-corrected chi connectivity index (χ2v) is 7.35. The van der Waals surface area contributed by atoms with Crippen molar-refractivity contribution in [3.8, 4) is 0 Å². The minimum atomic E-state index is -0.731. The molecule has 1 saturated carbocycles. The quantitative estimate of drug-likeness (QED) is 0.865. The maximum Gasteiger partial charge on any atom is 0.303 e. The van der Waals surface area contributed by atoms with E-state index in [2.05, 4.69) is 6.92 Å². The molecule has 21 heavy (non-hydrogen) atoms. The van der Waals surface area contributed by atoms with Crippen LogP contribution in [-0.4, -0.2) is 35.0 Å². The molecule has 4 nitrogen and oxygen atoms in total. The standard InChI is InChI=1S/C17H29NO3/c1-13(11-15(19)20)14-7-6-10-18(12-14)16(21)17(2)8-4-3-5-9-17/h13-14H,3-12H2,1-2H3,(H,19,20). The number of aliphatic carboxylic acids is 1. The molecule has 1 aliphatic heterocycles. The van der Waals surface area contributed by atoms with E-state index in [1.807, 2.05) is 11.8 Å². The highest BCUT2D eigenvalue weighted by Gasteiger charge is 2.39. The fourth-order valence-electron chi connectivity index (χ4n) is 4.03. The first-order valence-electron chi connectivity index (χ1n) is 8.43. The molecule has 0 aromatic heterocycles. The molecule has 1 saturated heterocycles. The van der Waals surface area contributed by atoms with E-state index < -0.39 is 5.97 Å². The Balaban J connectivity index is 1.96. The molecule has 2 rings (SSSR count). The van der Waals surface area contributed by atoms with Crippen LogP contribution < -0.4 is 0 Å². The monoisotopic (exact) mass is 295 g/mol. The van der Waals surface area contributed by atoms with Gasteiger partial charge in [-0.15, -0.1) is 0 Å². The normalized spacial score (nSPS) is 27.1. The van der Waals surface area contributed by atoms with Gasteiger partial charge in [0.25, 0.3) is 0 Å². The summed E-state index contributed by atoms with van der Waals surface area (Å²) in [5.74, 6) is 0.0721. The lowest BCUT2D eigenvalue weighted by Gasteiger charge is -2.41. The van der Waals surface area contributed by atoms with Gasteiger partial charge in [0.15, 0.2) is 0 Å². The molecule has 0 spiro atoms. The van der Waals surface area contributed by atoms with Gasteiger partial charge in [0.05, 0.1) is 0 Å². The second-order valence-electron chi connectivity index (χ2n) is 7.35. The van der Waals surface area contributed by atoms with Crippen molar-refractivity contribution in [3.63, 3.8) is 0 Å². The number of nitrogens with zero attached hydrogens (tertiary/aromatic N) is 1. The molecule has 2 fully saturated rings. The average molecular weight is 295 g/mol. The highest BCUT2D eigenvalue weighted by Crippen LogP contribution is 2.38. The molecule has 0 radical (unpaired) electrons. The first-order valence-corrected chi connectivity index (χ1v) is 8.43. The van der Waals surface area contributed by atoms with Gasteiger partial charge in [0.1, 0.15) is 0 Å².